The number of carbonyl (C=O) groups excluding carboxylic acids is 1. The van der Waals surface area contributed by atoms with E-state index in [2.05, 4.69) is 20.6 Å². The van der Waals surface area contributed by atoms with Crippen molar-refractivity contribution in [1.82, 2.24) is 25.3 Å². The molecule has 0 aliphatic carbocycles. The van der Waals surface area contributed by atoms with Crippen LogP contribution in [0.1, 0.15) is 5.56 Å². The van der Waals surface area contributed by atoms with Crippen LogP contribution in [-0.4, -0.2) is 32.4 Å². The lowest BCUT2D eigenvalue weighted by molar-refractivity contribution is -0.121. The van der Waals surface area contributed by atoms with Gasteiger partial charge in [-0.3, -0.25) is 9.78 Å². The van der Waals surface area contributed by atoms with Crippen molar-refractivity contribution >= 4 is 16.9 Å². The van der Waals surface area contributed by atoms with Gasteiger partial charge >= 0.3 is 0 Å². The highest BCUT2D eigenvalue weighted by atomic mass is 16.2. The van der Waals surface area contributed by atoms with Crippen molar-refractivity contribution in [3.63, 3.8) is 0 Å². The van der Waals surface area contributed by atoms with Gasteiger partial charge in [0.1, 0.15) is 12.1 Å². The third kappa shape index (κ3) is 3.22. The van der Waals surface area contributed by atoms with Crippen molar-refractivity contribution in [1.29, 1.82) is 0 Å². The Balaban J connectivity index is 1.55. The molecule has 0 spiro atoms. The molecule has 0 saturated carbocycles. The highest BCUT2D eigenvalue weighted by Gasteiger charge is 2.07. The lowest BCUT2D eigenvalue weighted by Crippen LogP contribution is -2.29. The van der Waals surface area contributed by atoms with E-state index in [4.69, 9.17) is 0 Å². The highest BCUT2D eigenvalue weighted by molar-refractivity contribution is 5.79. The first-order valence-electron chi connectivity index (χ1n) is 6.77. The fourth-order valence-corrected chi connectivity index (χ4v) is 2.12. The number of carbonyl (C=O) groups is 1. The van der Waals surface area contributed by atoms with E-state index in [1.54, 1.807) is 17.1 Å². The number of amides is 1. The van der Waals surface area contributed by atoms with Crippen molar-refractivity contribution < 1.29 is 4.79 Å². The molecule has 0 fully saturated rings. The monoisotopic (exact) mass is 281 g/mol. The quantitative estimate of drug-likeness (QED) is 0.762. The zero-order valence-electron chi connectivity index (χ0n) is 11.4. The molecule has 0 bridgehead atoms. The first-order valence-corrected chi connectivity index (χ1v) is 6.77. The lowest BCUT2D eigenvalue weighted by Gasteiger charge is -2.05. The number of hydrogen-bond donors (Lipinski definition) is 1. The van der Waals surface area contributed by atoms with Crippen LogP contribution in [0.25, 0.3) is 11.0 Å². The van der Waals surface area contributed by atoms with E-state index in [-0.39, 0.29) is 12.5 Å². The van der Waals surface area contributed by atoms with E-state index in [1.807, 2.05) is 36.4 Å². The van der Waals surface area contributed by atoms with Gasteiger partial charge in [0.25, 0.3) is 0 Å². The van der Waals surface area contributed by atoms with E-state index in [0.717, 1.165) is 23.0 Å². The minimum Gasteiger partial charge on any atom is -0.354 e. The summed E-state index contributed by atoms with van der Waals surface area (Å²) in [4.78, 5) is 16.0. The zero-order valence-corrected chi connectivity index (χ0v) is 11.4. The summed E-state index contributed by atoms with van der Waals surface area (Å²) in [5.74, 6) is -0.0745. The molecular formula is C15H15N5O. The van der Waals surface area contributed by atoms with E-state index in [9.17, 15) is 4.79 Å². The van der Waals surface area contributed by atoms with Crippen molar-refractivity contribution in [2.24, 2.45) is 0 Å². The van der Waals surface area contributed by atoms with Gasteiger partial charge in [-0.25, -0.2) is 4.68 Å². The molecule has 6 heteroatoms. The summed E-state index contributed by atoms with van der Waals surface area (Å²) < 4.78 is 1.61. The second-order valence-corrected chi connectivity index (χ2v) is 4.70. The van der Waals surface area contributed by atoms with Gasteiger partial charge in [-0.05, 0) is 30.2 Å². The van der Waals surface area contributed by atoms with Gasteiger partial charge < -0.3 is 5.32 Å². The fourth-order valence-electron chi connectivity index (χ4n) is 2.12. The average Bonchev–Trinajstić information content (AvgIpc) is 2.92. The molecule has 6 nitrogen and oxygen atoms in total. The SMILES string of the molecule is O=C(Cn1nnc2ccccc21)NCCc1cccnc1. The first kappa shape index (κ1) is 13.2. The van der Waals surface area contributed by atoms with E-state index in [1.165, 1.54) is 0 Å². The molecule has 1 amide bonds. The zero-order chi connectivity index (χ0) is 14.5. The van der Waals surface area contributed by atoms with Crippen LogP contribution < -0.4 is 5.32 Å². The van der Waals surface area contributed by atoms with Crippen molar-refractivity contribution in [2.75, 3.05) is 6.54 Å². The summed E-state index contributed by atoms with van der Waals surface area (Å²) in [5, 5.41) is 10.9. The van der Waals surface area contributed by atoms with Crippen LogP contribution in [0.3, 0.4) is 0 Å². The normalized spacial score (nSPS) is 10.7. The maximum Gasteiger partial charge on any atom is 0.241 e. The van der Waals surface area contributed by atoms with Gasteiger partial charge in [0.15, 0.2) is 0 Å². The first-order chi connectivity index (χ1) is 10.3. The number of para-hydroxylation sites is 1. The van der Waals surface area contributed by atoms with Crippen LogP contribution in [0.5, 0.6) is 0 Å². The molecule has 0 unspecified atom stereocenters. The molecule has 1 N–H and O–H groups in total. The molecule has 106 valence electrons. The summed E-state index contributed by atoms with van der Waals surface area (Å²) in [6.07, 6.45) is 4.30. The molecule has 0 radical (unpaired) electrons. The molecule has 0 aliphatic rings. The fraction of sp³-hybridized carbons (Fsp3) is 0.200. The van der Waals surface area contributed by atoms with Gasteiger partial charge in [0, 0.05) is 18.9 Å². The Labute approximate surface area is 121 Å². The van der Waals surface area contributed by atoms with E-state index >= 15 is 0 Å². The van der Waals surface area contributed by atoms with Gasteiger partial charge in [0.05, 0.1) is 5.52 Å². The second-order valence-electron chi connectivity index (χ2n) is 4.70. The predicted octanol–water partition coefficient (Wildman–Crippen LogP) is 1.19. The van der Waals surface area contributed by atoms with Crippen LogP contribution in [-0.2, 0) is 17.8 Å². The Morgan fingerprint density at radius 3 is 2.95 bits per heavy atom. The highest BCUT2D eigenvalue weighted by Crippen LogP contribution is 2.09. The number of hydrogen-bond acceptors (Lipinski definition) is 4. The van der Waals surface area contributed by atoms with Crippen LogP contribution in [0.4, 0.5) is 0 Å². The van der Waals surface area contributed by atoms with Crippen LogP contribution >= 0.6 is 0 Å². The Morgan fingerprint density at radius 2 is 2.10 bits per heavy atom. The Kier molecular flexibility index (Phi) is 3.86. The maximum atomic E-state index is 11.9. The van der Waals surface area contributed by atoms with Gasteiger partial charge in [-0.15, -0.1) is 5.10 Å². The van der Waals surface area contributed by atoms with Crippen molar-refractivity contribution in [3.05, 3.63) is 54.4 Å². The van der Waals surface area contributed by atoms with E-state index in [0.29, 0.717) is 6.54 Å². The van der Waals surface area contributed by atoms with Crippen LogP contribution in [0.15, 0.2) is 48.8 Å². The van der Waals surface area contributed by atoms with Gasteiger partial charge in [-0.1, -0.05) is 23.4 Å². The molecule has 0 aliphatic heterocycles. The summed E-state index contributed by atoms with van der Waals surface area (Å²) in [6, 6.07) is 11.5. The van der Waals surface area contributed by atoms with Gasteiger partial charge in [-0.2, -0.15) is 0 Å². The number of benzene rings is 1. The summed E-state index contributed by atoms with van der Waals surface area (Å²) in [5.41, 5.74) is 2.75. The molecule has 3 aromatic rings. The van der Waals surface area contributed by atoms with Crippen LogP contribution in [0, 0.1) is 0 Å². The molecule has 2 heterocycles. The van der Waals surface area contributed by atoms with Crippen molar-refractivity contribution in [2.45, 2.75) is 13.0 Å². The third-order valence-corrected chi connectivity index (χ3v) is 3.17. The second kappa shape index (κ2) is 6.13. The Morgan fingerprint density at radius 1 is 1.19 bits per heavy atom. The lowest BCUT2D eigenvalue weighted by atomic mass is 10.2. The predicted molar refractivity (Wildman–Crippen MR) is 78.5 cm³/mol. The summed E-state index contributed by atoms with van der Waals surface area (Å²) in [7, 11) is 0. The molecule has 1 aromatic carbocycles. The summed E-state index contributed by atoms with van der Waals surface area (Å²) in [6.45, 7) is 0.755. The molecule has 0 saturated heterocycles. The third-order valence-electron chi connectivity index (χ3n) is 3.17. The van der Waals surface area contributed by atoms with Gasteiger partial charge in [0.2, 0.25) is 5.91 Å². The average molecular weight is 281 g/mol. The van der Waals surface area contributed by atoms with E-state index < -0.39 is 0 Å². The Hall–Kier alpha value is -2.76. The minimum absolute atomic E-state index is 0.0745. The number of aromatic nitrogens is 4. The standard InChI is InChI=1S/C15H15N5O/c21-15(17-9-7-12-4-3-8-16-10-12)11-20-14-6-2-1-5-13(14)18-19-20/h1-6,8,10H,7,9,11H2,(H,17,21). The molecular weight excluding hydrogens is 266 g/mol. The maximum absolute atomic E-state index is 11.9. The number of pyridine rings is 1. The molecule has 3 rings (SSSR count). The number of fused-ring (bicyclic) bond motifs is 1. The number of nitrogens with zero attached hydrogens (tertiary/aromatic N) is 4. The number of rotatable bonds is 5. The minimum atomic E-state index is -0.0745. The Bertz CT molecular complexity index is 738. The largest absolute Gasteiger partial charge is 0.354 e. The topological polar surface area (TPSA) is 72.7 Å². The van der Waals surface area contributed by atoms with Crippen LogP contribution in [0.2, 0.25) is 0 Å². The molecule has 0 atom stereocenters. The smallest absolute Gasteiger partial charge is 0.241 e. The number of nitrogens with one attached hydrogen (secondary N) is 1. The summed E-state index contributed by atoms with van der Waals surface area (Å²) >= 11 is 0. The molecule has 21 heavy (non-hydrogen) atoms. The van der Waals surface area contributed by atoms with Crippen molar-refractivity contribution in [3.8, 4) is 0 Å². The molecule has 2 aromatic heterocycles.